The number of aryl methyl sites for hydroxylation is 2. The second kappa shape index (κ2) is 10.0. The molecule has 2 rings (SSSR count). The normalized spacial score (nSPS) is 10.9. The van der Waals surface area contributed by atoms with Gasteiger partial charge >= 0.3 is 5.97 Å². The van der Waals surface area contributed by atoms with Gasteiger partial charge in [0.15, 0.2) is 5.13 Å². The van der Waals surface area contributed by atoms with Crippen LogP contribution in [0.5, 0.6) is 0 Å². The van der Waals surface area contributed by atoms with Crippen LogP contribution in [0, 0.1) is 20.8 Å². The van der Waals surface area contributed by atoms with Crippen molar-refractivity contribution in [2.24, 2.45) is 0 Å². The molecule has 0 radical (unpaired) electrons. The number of aromatic nitrogens is 3. The summed E-state index contributed by atoms with van der Waals surface area (Å²) in [5.74, 6) is -0.544. The molecule has 7 nitrogen and oxygen atoms in total. The fourth-order valence-corrected chi connectivity index (χ4v) is 3.91. The Balaban J connectivity index is 2.28. The number of nitrogens with zero attached hydrogens (tertiary/aromatic N) is 4. The van der Waals surface area contributed by atoms with Gasteiger partial charge in [-0.15, -0.1) is 0 Å². The molecule has 2 aromatic heterocycles. The average Bonchev–Trinajstić information content (AvgIpc) is 3.14. The SMILES string of the molecule is CCCCCN(C(=O)Cn1nc(C)c(Cl)c1C)c1nc(C)c(C(=O)OCC)s1. The number of rotatable bonds is 9. The van der Waals surface area contributed by atoms with Crippen molar-refractivity contribution in [3.63, 3.8) is 0 Å². The Labute approximate surface area is 174 Å². The molecule has 0 aliphatic rings. The molecule has 9 heteroatoms. The summed E-state index contributed by atoms with van der Waals surface area (Å²) < 4.78 is 6.70. The van der Waals surface area contributed by atoms with E-state index in [9.17, 15) is 9.59 Å². The Kier molecular flexibility index (Phi) is 8.00. The van der Waals surface area contributed by atoms with Crippen LogP contribution in [0.25, 0.3) is 0 Å². The number of carbonyl (C=O) groups excluding carboxylic acids is 2. The molecular formula is C19H27ClN4O3S. The lowest BCUT2D eigenvalue weighted by Gasteiger charge is -2.20. The Bertz CT molecular complexity index is 847. The van der Waals surface area contributed by atoms with E-state index in [0.717, 1.165) is 25.0 Å². The van der Waals surface area contributed by atoms with Gasteiger partial charge in [0.25, 0.3) is 5.91 Å². The molecule has 28 heavy (non-hydrogen) atoms. The maximum Gasteiger partial charge on any atom is 0.350 e. The van der Waals surface area contributed by atoms with Crippen LogP contribution in [0.3, 0.4) is 0 Å². The smallest absolute Gasteiger partial charge is 0.350 e. The fraction of sp³-hybridized carbons (Fsp3) is 0.579. The van der Waals surface area contributed by atoms with E-state index in [4.69, 9.17) is 16.3 Å². The Hall–Kier alpha value is -1.93. The number of amides is 1. The van der Waals surface area contributed by atoms with Crippen LogP contribution in [-0.4, -0.2) is 39.8 Å². The van der Waals surface area contributed by atoms with Gasteiger partial charge in [-0.1, -0.05) is 42.7 Å². The largest absolute Gasteiger partial charge is 0.462 e. The first-order valence-corrected chi connectivity index (χ1v) is 10.6. The monoisotopic (exact) mass is 426 g/mol. The minimum Gasteiger partial charge on any atom is -0.462 e. The number of anilines is 1. The second-order valence-corrected chi connectivity index (χ2v) is 7.88. The van der Waals surface area contributed by atoms with E-state index in [0.29, 0.717) is 39.6 Å². The summed E-state index contributed by atoms with van der Waals surface area (Å²) in [4.78, 5) is 31.7. The van der Waals surface area contributed by atoms with Gasteiger partial charge in [-0.3, -0.25) is 14.4 Å². The molecule has 0 spiro atoms. The third-order valence-corrected chi connectivity index (χ3v) is 6.05. The van der Waals surface area contributed by atoms with E-state index in [1.165, 1.54) is 11.3 Å². The maximum absolute atomic E-state index is 13.1. The van der Waals surface area contributed by atoms with Gasteiger partial charge in [-0.05, 0) is 34.1 Å². The predicted molar refractivity (Wildman–Crippen MR) is 111 cm³/mol. The van der Waals surface area contributed by atoms with Gasteiger partial charge in [-0.2, -0.15) is 5.10 Å². The summed E-state index contributed by atoms with van der Waals surface area (Å²) in [6.07, 6.45) is 2.90. The molecule has 154 valence electrons. The average molecular weight is 427 g/mol. The van der Waals surface area contributed by atoms with Crippen molar-refractivity contribution in [1.82, 2.24) is 14.8 Å². The van der Waals surface area contributed by atoms with Gasteiger partial charge < -0.3 is 4.74 Å². The van der Waals surface area contributed by atoms with Crippen molar-refractivity contribution in [3.05, 3.63) is 27.0 Å². The van der Waals surface area contributed by atoms with Gasteiger partial charge in [-0.25, -0.2) is 9.78 Å². The van der Waals surface area contributed by atoms with Crippen LogP contribution >= 0.6 is 22.9 Å². The van der Waals surface area contributed by atoms with Gasteiger partial charge in [0, 0.05) is 6.54 Å². The molecule has 0 atom stereocenters. The summed E-state index contributed by atoms with van der Waals surface area (Å²) in [6, 6.07) is 0. The predicted octanol–water partition coefficient (Wildman–Crippen LogP) is 4.32. The van der Waals surface area contributed by atoms with E-state index in [-0.39, 0.29) is 12.5 Å². The highest BCUT2D eigenvalue weighted by molar-refractivity contribution is 7.17. The summed E-state index contributed by atoms with van der Waals surface area (Å²) in [5, 5.41) is 5.42. The van der Waals surface area contributed by atoms with Crippen molar-refractivity contribution < 1.29 is 14.3 Å². The molecule has 0 fully saturated rings. The van der Waals surface area contributed by atoms with Crippen molar-refractivity contribution in [2.75, 3.05) is 18.1 Å². The fourth-order valence-electron chi connectivity index (χ4n) is 2.77. The van der Waals surface area contributed by atoms with E-state index >= 15 is 0 Å². The lowest BCUT2D eigenvalue weighted by atomic mass is 10.2. The number of hydrogen-bond donors (Lipinski definition) is 0. The lowest BCUT2D eigenvalue weighted by molar-refractivity contribution is -0.119. The summed E-state index contributed by atoms with van der Waals surface area (Å²) in [5.41, 5.74) is 2.02. The molecule has 1 amide bonds. The van der Waals surface area contributed by atoms with E-state index in [1.54, 1.807) is 23.4 Å². The van der Waals surface area contributed by atoms with Crippen LogP contribution in [0.4, 0.5) is 5.13 Å². The van der Waals surface area contributed by atoms with Gasteiger partial charge in [0.2, 0.25) is 0 Å². The van der Waals surface area contributed by atoms with Crippen LogP contribution in [0.1, 0.15) is 59.9 Å². The first-order chi connectivity index (χ1) is 13.3. The quantitative estimate of drug-likeness (QED) is 0.440. The number of unbranched alkanes of at least 4 members (excludes halogenated alkanes) is 2. The molecular weight excluding hydrogens is 400 g/mol. The van der Waals surface area contributed by atoms with Crippen molar-refractivity contribution in [2.45, 2.75) is 60.4 Å². The van der Waals surface area contributed by atoms with E-state index in [1.807, 2.05) is 13.8 Å². The van der Waals surface area contributed by atoms with Crippen molar-refractivity contribution in [1.29, 1.82) is 0 Å². The van der Waals surface area contributed by atoms with E-state index in [2.05, 4.69) is 17.0 Å². The number of carbonyl (C=O) groups is 2. The molecule has 0 bridgehead atoms. The number of hydrogen-bond acceptors (Lipinski definition) is 6. The Morgan fingerprint density at radius 2 is 1.89 bits per heavy atom. The topological polar surface area (TPSA) is 77.3 Å². The molecule has 2 heterocycles. The molecule has 0 aliphatic heterocycles. The zero-order valence-corrected chi connectivity index (χ0v) is 18.6. The molecule has 0 saturated heterocycles. The van der Waals surface area contributed by atoms with Crippen molar-refractivity contribution in [3.8, 4) is 0 Å². The van der Waals surface area contributed by atoms with Crippen LogP contribution in [-0.2, 0) is 16.1 Å². The number of esters is 1. The lowest BCUT2D eigenvalue weighted by Crippen LogP contribution is -2.35. The standard InChI is InChI=1S/C19H27ClN4O3S/c1-6-8-9-10-23(15(25)11-24-14(5)16(20)12(3)22-24)19-21-13(4)17(28-19)18(26)27-7-2/h6-11H2,1-5H3. The summed E-state index contributed by atoms with van der Waals surface area (Å²) in [6.45, 7) is 10.2. The first kappa shape index (κ1) is 22.4. The molecule has 0 aromatic carbocycles. The second-order valence-electron chi connectivity index (χ2n) is 6.53. The maximum atomic E-state index is 13.1. The van der Waals surface area contributed by atoms with Crippen LogP contribution < -0.4 is 4.90 Å². The van der Waals surface area contributed by atoms with Gasteiger partial charge in [0.1, 0.15) is 11.4 Å². The Morgan fingerprint density at radius 1 is 1.18 bits per heavy atom. The number of halogens is 1. The summed E-state index contributed by atoms with van der Waals surface area (Å²) in [7, 11) is 0. The van der Waals surface area contributed by atoms with E-state index < -0.39 is 5.97 Å². The third kappa shape index (κ3) is 5.11. The highest BCUT2D eigenvalue weighted by atomic mass is 35.5. The zero-order valence-electron chi connectivity index (χ0n) is 17.0. The molecule has 0 unspecified atom stereocenters. The molecule has 2 aromatic rings. The van der Waals surface area contributed by atoms with Crippen LogP contribution in [0.2, 0.25) is 5.02 Å². The molecule has 0 saturated carbocycles. The van der Waals surface area contributed by atoms with Crippen LogP contribution in [0.15, 0.2) is 0 Å². The highest BCUT2D eigenvalue weighted by Crippen LogP contribution is 2.28. The van der Waals surface area contributed by atoms with Gasteiger partial charge in [0.05, 0.1) is 28.7 Å². The first-order valence-electron chi connectivity index (χ1n) is 9.44. The Morgan fingerprint density at radius 3 is 2.46 bits per heavy atom. The highest BCUT2D eigenvalue weighted by Gasteiger charge is 2.24. The third-order valence-electron chi connectivity index (χ3n) is 4.34. The summed E-state index contributed by atoms with van der Waals surface area (Å²) >= 11 is 7.39. The molecule has 0 N–H and O–H groups in total. The molecule has 0 aliphatic carbocycles. The minimum absolute atomic E-state index is 0.0683. The number of ether oxygens (including phenoxy) is 1. The zero-order chi connectivity index (χ0) is 20.8. The minimum atomic E-state index is -0.407. The van der Waals surface area contributed by atoms with Crippen molar-refractivity contribution >= 4 is 39.9 Å². The number of thiazole rings is 1.